The Hall–Kier alpha value is -0.690. The van der Waals surface area contributed by atoms with Gasteiger partial charge in [-0.1, -0.05) is 31.8 Å². The Morgan fingerprint density at radius 2 is 1.77 bits per heavy atom. The number of amides is 1. The highest BCUT2D eigenvalue weighted by atomic mass is 32.3. The Kier molecular flexibility index (Phi) is 13.1. The van der Waals surface area contributed by atoms with Crippen LogP contribution in [-0.4, -0.2) is 64.0 Å². The van der Waals surface area contributed by atoms with Gasteiger partial charge in [0.15, 0.2) is 0 Å². The second kappa shape index (κ2) is 13.5. The van der Waals surface area contributed by atoms with Crippen molar-refractivity contribution in [3.63, 3.8) is 0 Å². The third-order valence-corrected chi connectivity index (χ3v) is 7.71. The number of rotatable bonds is 12. The van der Waals surface area contributed by atoms with E-state index in [1.807, 2.05) is 13.8 Å². The van der Waals surface area contributed by atoms with E-state index in [9.17, 15) is 17.4 Å². The summed E-state index contributed by atoms with van der Waals surface area (Å²) in [6.07, 6.45) is 4.04. The third-order valence-electron chi connectivity index (χ3n) is 3.35. The molecule has 1 N–H and O–H groups in total. The van der Waals surface area contributed by atoms with Gasteiger partial charge in [0.25, 0.3) is 10.2 Å². The summed E-state index contributed by atoms with van der Waals surface area (Å²) in [6.45, 7) is 6.36. The van der Waals surface area contributed by atoms with E-state index in [0.29, 0.717) is 18.1 Å². The quantitative estimate of drug-likeness (QED) is 0.220. The standard InChI is InChI=1S/C14H30N4O5S3/c1-6-8-10-18(11-9-7-2)26(21,22)17(4)25(20)12-15-14(19)23-16-13(3)24-5/h6-12H2,1-5H3,(H,15,19)/b16-13+. The van der Waals surface area contributed by atoms with E-state index < -0.39 is 33.2 Å². The number of hydrogen-bond donors (Lipinski definition) is 1. The van der Waals surface area contributed by atoms with Crippen LogP contribution >= 0.6 is 11.8 Å². The van der Waals surface area contributed by atoms with Crippen molar-refractivity contribution in [3.05, 3.63) is 0 Å². The summed E-state index contributed by atoms with van der Waals surface area (Å²) in [5, 5.41) is 6.32. The maximum Gasteiger partial charge on any atom is 0.434 e. The Morgan fingerprint density at radius 3 is 2.23 bits per heavy atom. The van der Waals surface area contributed by atoms with E-state index in [2.05, 4.69) is 15.3 Å². The highest BCUT2D eigenvalue weighted by Crippen LogP contribution is 2.12. The fraction of sp³-hybridized carbons (Fsp3) is 0.857. The number of carbonyl (C=O) groups excluding carboxylic acids is 1. The van der Waals surface area contributed by atoms with E-state index in [0.717, 1.165) is 29.4 Å². The largest absolute Gasteiger partial charge is 0.434 e. The van der Waals surface area contributed by atoms with Crippen LogP contribution in [0.1, 0.15) is 46.5 Å². The van der Waals surface area contributed by atoms with Crippen LogP contribution in [0.5, 0.6) is 0 Å². The predicted octanol–water partition coefficient (Wildman–Crippen LogP) is 2.11. The Balaban J connectivity index is 4.81. The van der Waals surface area contributed by atoms with Crippen molar-refractivity contribution in [1.82, 2.24) is 13.3 Å². The number of unbranched alkanes of at least 4 members (excludes halogenated alkanes) is 2. The van der Waals surface area contributed by atoms with Crippen LogP contribution in [0.2, 0.25) is 0 Å². The molecule has 154 valence electrons. The zero-order valence-corrected chi connectivity index (χ0v) is 18.5. The lowest BCUT2D eigenvalue weighted by Crippen LogP contribution is -2.45. The fourth-order valence-electron chi connectivity index (χ4n) is 1.67. The molecule has 0 aromatic rings. The number of thioether (sulfide) groups is 1. The molecule has 9 nitrogen and oxygen atoms in total. The van der Waals surface area contributed by atoms with Gasteiger partial charge in [-0.3, -0.25) is 4.84 Å². The van der Waals surface area contributed by atoms with E-state index in [1.54, 1.807) is 13.2 Å². The first-order chi connectivity index (χ1) is 12.2. The lowest BCUT2D eigenvalue weighted by Gasteiger charge is -2.26. The molecule has 0 bridgehead atoms. The first-order valence-electron chi connectivity index (χ1n) is 8.36. The van der Waals surface area contributed by atoms with Crippen LogP contribution in [0.15, 0.2) is 5.16 Å². The highest BCUT2D eigenvalue weighted by molar-refractivity contribution is 8.13. The summed E-state index contributed by atoms with van der Waals surface area (Å²) in [5.74, 6) is -0.391. The SMILES string of the molecule is CCCCN(CCCC)S(=O)(=O)N(C)S(=O)CNC(=O)O/N=C(\C)SC. The minimum atomic E-state index is -3.88. The first-order valence-corrected chi connectivity index (χ1v) is 12.3. The summed E-state index contributed by atoms with van der Waals surface area (Å²) in [6, 6.07) is 0. The van der Waals surface area contributed by atoms with E-state index in [1.165, 1.54) is 23.1 Å². The zero-order chi connectivity index (χ0) is 20.2. The molecule has 0 aliphatic rings. The summed E-state index contributed by atoms with van der Waals surface area (Å²) in [4.78, 5) is 16.1. The lowest BCUT2D eigenvalue weighted by atomic mass is 10.3. The van der Waals surface area contributed by atoms with E-state index in [4.69, 9.17) is 0 Å². The second-order valence-electron chi connectivity index (χ2n) is 5.36. The molecule has 0 spiro atoms. The maximum atomic E-state index is 12.7. The molecule has 0 aromatic heterocycles. The summed E-state index contributed by atoms with van der Waals surface area (Å²) >= 11 is 1.31. The van der Waals surface area contributed by atoms with Crippen LogP contribution < -0.4 is 5.32 Å². The fourth-order valence-corrected chi connectivity index (χ4v) is 4.53. The molecule has 0 saturated heterocycles. The molecule has 0 rings (SSSR count). The van der Waals surface area contributed by atoms with Gasteiger partial charge in [0, 0.05) is 20.1 Å². The molecule has 0 saturated carbocycles. The summed E-state index contributed by atoms with van der Waals surface area (Å²) < 4.78 is 39.7. The lowest BCUT2D eigenvalue weighted by molar-refractivity contribution is 0.152. The summed E-state index contributed by atoms with van der Waals surface area (Å²) in [7, 11) is -4.61. The predicted molar refractivity (Wildman–Crippen MR) is 107 cm³/mol. The van der Waals surface area contributed by atoms with Gasteiger partial charge in [-0.15, -0.1) is 15.5 Å². The average molecular weight is 431 g/mol. The van der Waals surface area contributed by atoms with Crippen molar-refractivity contribution in [3.8, 4) is 0 Å². The number of oxime groups is 1. The van der Waals surface area contributed by atoms with Crippen LogP contribution in [-0.2, 0) is 26.0 Å². The summed E-state index contributed by atoms with van der Waals surface area (Å²) in [5.41, 5.74) is 0. The smallest absolute Gasteiger partial charge is 0.307 e. The molecule has 0 radical (unpaired) electrons. The minimum Gasteiger partial charge on any atom is -0.307 e. The molecular formula is C14H30N4O5S3. The molecule has 0 heterocycles. The Labute approximate surface area is 163 Å². The Bertz CT molecular complexity index is 575. The van der Waals surface area contributed by atoms with Crippen molar-refractivity contribution >= 4 is 44.1 Å². The zero-order valence-electron chi connectivity index (χ0n) is 16.1. The van der Waals surface area contributed by atoms with Gasteiger partial charge in [0.1, 0.15) is 21.9 Å². The third kappa shape index (κ3) is 9.31. The molecule has 0 aromatic carbocycles. The molecule has 1 atom stereocenters. The molecule has 1 unspecified atom stereocenters. The normalized spacial score (nSPS) is 13.9. The second-order valence-corrected chi connectivity index (χ2v) is 10.0. The van der Waals surface area contributed by atoms with Crippen molar-refractivity contribution in [1.29, 1.82) is 0 Å². The van der Waals surface area contributed by atoms with Gasteiger partial charge in [-0.25, -0.2) is 9.00 Å². The molecule has 12 heteroatoms. The van der Waals surface area contributed by atoms with E-state index >= 15 is 0 Å². The van der Waals surface area contributed by atoms with Gasteiger partial charge in [-0.05, 0) is 26.0 Å². The monoisotopic (exact) mass is 430 g/mol. The number of hydrogen-bond acceptors (Lipinski definition) is 7. The molecule has 0 fully saturated rings. The van der Waals surface area contributed by atoms with Crippen LogP contribution in [0, 0.1) is 0 Å². The number of carbonyl (C=O) groups is 1. The molecule has 0 aliphatic heterocycles. The van der Waals surface area contributed by atoms with Crippen LogP contribution in [0.3, 0.4) is 0 Å². The minimum absolute atomic E-state index is 0.374. The number of nitrogens with one attached hydrogen (secondary N) is 1. The van der Waals surface area contributed by atoms with Crippen molar-refractivity contribution in [2.75, 3.05) is 32.3 Å². The maximum absolute atomic E-state index is 12.7. The topological polar surface area (TPSA) is 108 Å². The first kappa shape index (κ1) is 25.3. The molecule has 0 aliphatic carbocycles. The average Bonchev–Trinajstić information content (AvgIpc) is 2.63. The number of nitrogens with zero attached hydrogens (tertiary/aromatic N) is 3. The van der Waals surface area contributed by atoms with Gasteiger partial charge in [0.2, 0.25) is 0 Å². The molecule has 1 amide bonds. The highest BCUT2D eigenvalue weighted by Gasteiger charge is 2.30. The van der Waals surface area contributed by atoms with Gasteiger partial charge in [-0.2, -0.15) is 12.7 Å². The molecule has 26 heavy (non-hydrogen) atoms. The molecular weight excluding hydrogens is 400 g/mol. The van der Waals surface area contributed by atoms with Gasteiger partial charge in [0.05, 0.1) is 0 Å². The van der Waals surface area contributed by atoms with Crippen molar-refractivity contribution in [2.24, 2.45) is 5.16 Å². The van der Waals surface area contributed by atoms with Gasteiger partial charge < -0.3 is 5.32 Å². The van der Waals surface area contributed by atoms with E-state index in [-0.39, 0.29) is 0 Å². The van der Waals surface area contributed by atoms with Crippen LogP contribution in [0.25, 0.3) is 0 Å². The van der Waals surface area contributed by atoms with Crippen molar-refractivity contribution in [2.45, 2.75) is 46.5 Å². The van der Waals surface area contributed by atoms with Gasteiger partial charge >= 0.3 is 6.09 Å². The Morgan fingerprint density at radius 1 is 1.23 bits per heavy atom. The van der Waals surface area contributed by atoms with Crippen molar-refractivity contribution < 1.29 is 22.3 Å². The van der Waals surface area contributed by atoms with Crippen LogP contribution in [0.4, 0.5) is 4.79 Å².